The Morgan fingerprint density at radius 1 is 0.513 bits per heavy atom. The van der Waals surface area contributed by atoms with Crippen LogP contribution in [0.5, 0.6) is 0 Å². The smallest absolute Gasteiger partial charge is 0.262 e. The quantitative estimate of drug-likeness (QED) is 0.241. The molecule has 0 unspecified atom stereocenters. The summed E-state index contributed by atoms with van der Waals surface area (Å²) in [5.74, 6) is 0. The predicted octanol–water partition coefficient (Wildman–Crippen LogP) is 6.92. The van der Waals surface area contributed by atoms with E-state index >= 15 is 0 Å². The molecule has 0 aliphatic carbocycles. The summed E-state index contributed by atoms with van der Waals surface area (Å²) in [4.78, 5) is 9.89. The third-order valence-electron chi connectivity index (χ3n) is 7.34. The molecule has 2 aromatic heterocycles. The van der Waals surface area contributed by atoms with E-state index in [1.807, 2.05) is 24.4 Å². The van der Waals surface area contributed by atoms with Gasteiger partial charge in [0.15, 0.2) is 0 Å². The van der Waals surface area contributed by atoms with Crippen molar-refractivity contribution >= 4 is 23.2 Å². The van der Waals surface area contributed by atoms with Crippen molar-refractivity contribution < 1.29 is 0 Å². The molecule has 0 amide bonds. The molecule has 2 nitrogen and oxygen atoms in total. The molecule has 194 valence electrons. The van der Waals surface area contributed by atoms with Crippen LogP contribution in [0.2, 0.25) is 0 Å². The van der Waals surface area contributed by atoms with Crippen LogP contribution in [0, 0.1) is 0 Å². The Hall–Kier alpha value is -3.98. The Balaban J connectivity index is 1.75. The molecule has 5 aromatic rings. The summed E-state index contributed by atoms with van der Waals surface area (Å²) in [6.07, 6.45) is 1.85. The molecule has 39 heavy (non-hydrogen) atoms. The van der Waals surface area contributed by atoms with E-state index < -0.39 is 0 Å². The number of hydrogen-bond donors (Lipinski definition) is 0. The molecule has 5 rings (SSSR count). The number of hydrogen-bond acceptors (Lipinski definition) is 2. The van der Waals surface area contributed by atoms with Gasteiger partial charge in [-0.05, 0) is 51.8 Å². The van der Waals surface area contributed by atoms with Gasteiger partial charge in [0, 0.05) is 17.4 Å². The van der Waals surface area contributed by atoms with E-state index in [1.165, 1.54) is 22.1 Å². The van der Waals surface area contributed by atoms with Gasteiger partial charge in [-0.25, -0.2) is 0 Å². The molecule has 0 saturated carbocycles. The summed E-state index contributed by atoms with van der Waals surface area (Å²) in [6.45, 7) is 13.7. The minimum atomic E-state index is -0.0271. The van der Waals surface area contributed by atoms with Crippen LogP contribution in [0.15, 0.2) is 115 Å². The lowest BCUT2D eigenvalue weighted by molar-refractivity contribution is 0.569. The lowest BCUT2D eigenvalue weighted by Gasteiger charge is -2.28. The van der Waals surface area contributed by atoms with Crippen LogP contribution in [-0.2, 0) is 10.8 Å². The van der Waals surface area contributed by atoms with Crippen molar-refractivity contribution in [3.63, 3.8) is 0 Å². The summed E-state index contributed by atoms with van der Waals surface area (Å²) in [7, 11) is 0. The minimum absolute atomic E-state index is 0.0235. The van der Waals surface area contributed by atoms with E-state index in [-0.39, 0.29) is 17.5 Å². The first-order valence-electron chi connectivity index (χ1n) is 13.8. The van der Waals surface area contributed by atoms with Gasteiger partial charge in [0.25, 0.3) is 6.71 Å². The van der Waals surface area contributed by atoms with Gasteiger partial charge in [-0.3, -0.25) is 9.97 Å². The highest BCUT2D eigenvalue weighted by molar-refractivity contribution is 6.95. The summed E-state index contributed by atoms with van der Waals surface area (Å²) in [5, 5.41) is 0. The monoisotopic (exact) mass is 508 g/mol. The molecule has 2 heterocycles. The van der Waals surface area contributed by atoms with E-state index in [0.29, 0.717) is 0 Å². The first-order valence-corrected chi connectivity index (χ1v) is 13.8. The summed E-state index contributed by atoms with van der Waals surface area (Å²) < 4.78 is 0. The maximum Gasteiger partial charge on any atom is 0.265 e. The second-order valence-electron chi connectivity index (χ2n) is 12.4. The average Bonchev–Trinajstić information content (AvgIpc) is 2.93. The fourth-order valence-electron chi connectivity index (χ4n) is 5.01. The minimum Gasteiger partial charge on any atom is -0.262 e. The van der Waals surface area contributed by atoms with Gasteiger partial charge >= 0.3 is 0 Å². The Labute approximate surface area is 234 Å². The summed E-state index contributed by atoms with van der Waals surface area (Å²) >= 11 is 0. The van der Waals surface area contributed by atoms with Crippen LogP contribution in [0.3, 0.4) is 0 Å². The molecule has 0 aliphatic rings. The number of benzene rings is 3. The maximum atomic E-state index is 5.27. The first-order chi connectivity index (χ1) is 18.6. The van der Waals surface area contributed by atoms with Gasteiger partial charge in [0.1, 0.15) is 0 Å². The molecule has 0 spiro atoms. The molecule has 0 atom stereocenters. The zero-order valence-electron chi connectivity index (χ0n) is 23.9. The van der Waals surface area contributed by atoms with Crippen LogP contribution in [-0.4, -0.2) is 16.7 Å². The van der Waals surface area contributed by atoms with Crippen LogP contribution >= 0.6 is 0 Å². The fraction of sp³-hybridized carbons (Fsp3) is 0.222. The van der Waals surface area contributed by atoms with Gasteiger partial charge < -0.3 is 0 Å². The van der Waals surface area contributed by atoms with Crippen LogP contribution in [0.25, 0.3) is 22.5 Å². The zero-order chi connectivity index (χ0) is 27.6. The lowest BCUT2D eigenvalue weighted by Crippen LogP contribution is -2.54. The molecule has 0 aliphatic heterocycles. The number of rotatable bonds is 5. The molecule has 3 heteroatoms. The Morgan fingerprint density at radius 2 is 1.13 bits per heavy atom. The van der Waals surface area contributed by atoms with Crippen LogP contribution in [0.4, 0.5) is 0 Å². The van der Waals surface area contributed by atoms with Gasteiger partial charge in [0.2, 0.25) is 0 Å². The number of pyridine rings is 2. The highest BCUT2D eigenvalue weighted by atomic mass is 14.7. The molecule has 0 N–H and O–H groups in total. The molecule has 0 saturated heterocycles. The third kappa shape index (κ3) is 6.04. The van der Waals surface area contributed by atoms with Crippen molar-refractivity contribution in [1.29, 1.82) is 0 Å². The van der Waals surface area contributed by atoms with Gasteiger partial charge in [0.05, 0.1) is 11.4 Å². The predicted molar refractivity (Wildman–Crippen MR) is 168 cm³/mol. The molecule has 0 fully saturated rings. The SMILES string of the molecule is CC(C)(C)c1cc(B(c2cccc(-c3ccccn3)c2)c2cccc(-c3ccccc3)n2)cc(C(C)(C)C)c1. The Kier molecular flexibility index (Phi) is 7.27. The van der Waals surface area contributed by atoms with Crippen molar-refractivity contribution in [3.05, 3.63) is 127 Å². The zero-order valence-corrected chi connectivity index (χ0v) is 23.9. The second kappa shape index (κ2) is 10.7. The van der Waals surface area contributed by atoms with Crippen LogP contribution in [0.1, 0.15) is 52.7 Å². The summed E-state index contributed by atoms with van der Waals surface area (Å²) in [5.41, 5.74) is 10.4. The van der Waals surface area contributed by atoms with Crippen molar-refractivity contribution in [3.8, 4) is 22.5 Å². The van der Waals surface area contributed by atoms with Crippen molar-refractivity contribution in [2.24, 2.45) is 0 Å². The largest absolute Gasteiger partial charge is 0.265 e. The van der Waals surface area contributed by atoms with Crippen molar-refractivity contribution in [1.82, 2.24) is 9.97 Å². The highest BCUT2D eigenvalue weighted by Gasteiger charge is 2.28. The van der Waals surface area contributed by atoms with E-state index in [2.05, 4.69) is 138 Å². The third-order valence-corrected chi connectivity index (χ3v) is 7.34. The van der Waals surface area contributed by atoms with E-state index in [4.69, 9.17) is 4.98 Å². The summed E-state index contributed by atoms with van der Waals surface area (Å²) in [6, 6.07) is 38.9. The molecule has 0 radical (unpaired) electrons. The standard InChI is InChI=1S/C36H37BN2/c1-35(2,3)28-23-29(36(4,5)6)25-31(24-28)37(30-17-12-16-27(22-30)32-18-10-11-21-38-32)34-20-13-19-33(39-34)26-14-8-7-9-15-26/h7-25H,1-6H3. The van der Waals surface area contributed by atoms with Gasteiger partial charge in [-0.1, -0.05) is 137 Å². The van der Waals surface area contributed by atoms with E-state index in [9.17, 15) is 0 Å². The molecule has 0 bridgehead atoms. The second-order valence-corrected chi connectivity index (χ2v) is 12.4. The number of aromatic nitrogens is 2. The normalized spacial score (nSPS) is 11.8. The fourth-order valence-corrected chi connectivity index (χ4v) is 5.01. The Bertz CT molecular complexity index is 1450. The molecular formula is C36H37BN2. The van der Waals surface area contributed by atoms with Gasteiger partial charge in [-0.2, -0.15) is 0 Å². The molecule has 3 aromatic carbocycles. The van der Waals surface area contributed by atoms with Gasteiger partial charge in [-0.15, -0.1) is 0 Å². The lowest BCUT2D eigenvalue weighted by atomic mass is 9.38. The topological polar surface area (TPSA) is 25.8 Å². The highest BCUT2D eigenvalue weighted by Crippen LogP contribution is 2.28. The van der Waals surface area contributed by atoms with E-state index in [1.54, 1.807) is 0 Å². The Morgan fingerprint density at radius 3 is 1.77 bits per heavy atom. The van der Waals surface area contributed by atoms with Crippen LogP contribution < -0.4 is 16.5 Å². The average molecular weight is 509 g/mol. The van der Waals surface area contributed by atoms with Crippen molar-refractivity contribution in [2.45, 2.75) is 52.4 Å². The molecular weight excluding hydrogens is 471 g/mol. The van der Waals surface area contributed by atoms with Crippen molar-refractivity contribution in [2.75, 3.05) is 0 Å². The maximum absolute atomic E-state index is 5.27. The van der Waals surface area contributed by atoms with E-state index in [0.717, 1.165) is 28.1 Å². The number of nitrogens with zero attached hydrogens (tertiary/aromatic N) is 2. The first kappa shape index (κ1) is 26.6.